The highest BCUT2D eigenvalue weighted by atomic mass is 19.4. The predicted octanol–water partition coefficient (Wildman–Crippen LogP) is 3.68. The van der Waals surface area contributed by atoms with Crippen LogP contribution in [-0.2, 0) is 6.18 Å². The zero-order valence-corrected chi connectivity index (χ0v) is 8.73. The Kier molecular flexibility index (Phi) is 3.35. The number of hydrogen-bond acceptors (Lipinski definition) is 1. The minimum Gasteiger partial charge on any atom is -0.294 e. The third kappa shape index (κ3) is 2.40. The van der Waals surface area contributed by atoms with Gasteiger partial charge in [-0.15, -0.1) is 0 Å². The number of halogens is 4. The topological polar surface area (TPSA) is 17.1 Å². The summed E-state index contributed by atoms with van der Waals surface area (Å²) in [4.78, 5) is 11.5. The van der Waals surface area contributed by atoms with Gasteiger partial charge < -0.3 is 0 Å². The van der Waals surface area contributed by atoms with E-state index in [9.17, 15) is 22.4 Å². The van der Waals surface area contributed by atoms with Gasteiger partial charge in [-0.1, -0.05) is 19.9 Å². The molecule has 0 aliphatic rings. The van der Waals surface area contributed by atoms with E-state index in [0.29, 0.717) is 6.07 Å². The second kappa shape index (κ2) is 4.23. The number of benzene rings is 1. The van der Waals surface area contributed by atoms with Crippen molar-refractivity contribution in [2.75, 3.05) is 0 Å². The lowest BCUT2D eigenvalue weighted by atomic mass is 9.95. The van der Waals surface area contributed by atoms with Gasteiger partial charge in [-0.2, -0.15) is 13.2 Å². The van der Waals surface area contributed by atoms with E-state index < -0.39 is 34.8 Å². The van der Waals surface area contributed by atoms with Crippen molar-refractivity contribution >= 4 is 5.78 Å². The van der Waals surface area contributed by atoms with Gasteiger partial charge in [0.05, 0.1) is 11.1 Å². The third-order valence-electron chi connectivity index (χ3n) is 2.09. The maximum Gasteiger partial charge on any atom is 0.417 e. The van der Waals surface area contributed by atoms with Crippen molar-refractivity contribution in [1.82, 2.24) is 0 Å². The normalized spacial score (nSPS) is 11.9. The first kappa shape index (κ1) is 12.7. The summed E-state index contributed by atoms with van der Waals surface area (Å²) in [5.74, 6) is -2.66. The van der Waals surface area contributed by atoms with Crippen LogP contribution in [0.15, 0.2) is 18.2 Å². The Hall–Kier alpha value is -1.39. The Morgan fingerprint density at radius 3 is 2.25 bits per heavy atom. The van der Waals surface area contributed by atoms with Crippen LogP contribution >= 0.6 is 0 Å². The number of carbonyl (C=O) groups is 1. The lowest BCUT2D eigenvalue weighted by molar-refractivity contribution is -0.138. The lowest BCUT2D eigenvalue weighted by Gasteiger charge is -2.13. The quantitative estimate of drug-likeness (QED) is 0.563. The molecule has 5 heteroatoms. The van der Waals surface area contributed by atoms with Crippen LogP contribution in [0.25, 0.3) is 0 Å². The van der Waals surface area contributed by atoms with Gasteiger partial charge in [0.1, 0.15) is 5.82 Å². The highest BCUT2D eigenvalue weighted by Crippen LogP contribution is 2.34. The molecule has 1 nitrogen and oxygen atoms in total. The zero-order chi connectivity index (χ0) is 12.5. The van der Waals surface area contributed by atoms with Crippen molar-refractivity contribution in [3.8, 4) is 0 Å². The third-order valence-corrected chi connectivity index (χ3v) is 2.09. The smallest absolute Gasteiger partial charge is 0.294 e. The number of carbonyl (C=O) groups excluding carboxylic acids is 1. The first-order chi connectivity index (χ1) is 7.25. The van der Waals surface area contributed by atoms with Crippen molar-refractivity contribution in [2.45, 2.75) is 20.0 Å². The molecule has 0 saturated carbocycles. The van der Waals surface area contributed by atoms with Gasteiger partial charge in [0, 0.05) is 5.92 Å². The van der Waals surface area contributed by atoms with Crippen molar-refractivity contribution in [3.63, 3.8) is 0 Å². The summed E-state index contributed by atoms with van der Waals surface area (Å²) in [5.41, 5.74) is -2.09. The molecule has 0 saturated heterocycles. The maximum absolute atomic E-state index is 13.3. The molecule has 0 atom stereocenters. The summed E-state index contributed by atoms with van der Waals surface area (Å²) in [6, 6.07) is 2.50. The molecule has 0 N–H and O–H groups in total. The lowest BCUT2D eigenvalue weighted by Crippen LogP contribution is -2.18. The largest absolute Gasteiger partial charge is 0.417 e. The molecule has 0 aromatic heterocycles. The van der Waals surface area contributed by atoms with Crippen molar-refractivity contribution in [2.24, 2.45) is 5.92 Å². The molecule has 0 amide bonds. The summed E-state index contributed by atoms with van der Waals surface area (Å²) in [7, 11) is 0. The first-order valence-electron chi connectivity index (χ1n) is 4.65. The molecule has 1 rings (SSSR count). The van der Waals surface area contributed by atoms with Crippen molar-refractivity contribution in [3.05, 3.63) is 35.1 Å². The summed E-state index contributed by atoms with van der Waals surface area (Å²) in [6.45, 7) is 2.85. The van der Waals surface area contributed by atoms with Gasteiger partial charge in [0.2, 0.25) is 0 Å². The second-order valence-corrected chi connectivity index (χ2v) is 3.68. The van der Waals surface area contributed by atoms with Gasteiger partial charge in [-0.05, 0) is 12.1 Å². The SMILES string of the molecule is CC(C)C(=O)c1c(F)cccc1C(F)(F)F. The Labute approximate surface area is 90.1 Å². The van der Waals surface area contributed by atoms with E-state index in [4.69, 9.17) is 0 Å². The Morgan fingerprint density at radius 2 is 1.81 bits per heavy atom. The fourth-order valence-corrected chi connectivity index (χ4v) is 1.30. The number of alkyl halides is 3. The van der Waals surface area contributed by atoms with E-state index in [1.54, 1.807) is 0 Å². The fraction of sp³-hybridized carbons (Fsp3) is 0.364. The Bertz CT molecular complexity index is 407. The number of rotatable bonds is 2. The highest BCUT2D eigenvalue weighted by molar-refractivity contribution is 5.99. The van der Waals surface area contributed by atoms with Crippen LogP contribution in [0.5, 0.6) is 0 Å². The molecular formula is C11H10F4O. The number of ketones is 1. The summed E-state index contributed by atoms with van der Waals surface area (Å²) >= 11 is 0. The van der Waals surface area contributed by atoms with Crippen LogP contribution in [-0.4, -0.2) is 5.78 Å². The fourth-order valence-electron chi connectivity index (χ4n) is 1.30. The van der Waals surface area contributed by atoms with Crippen LogP contribution < -0.4 is 0 Å². The average molecular weight is 234 g/mol. The van der Waals surface area contributed by atoms with Crippen LogP contribution in [0.1, 0.15) is 29.8 Å². The van der Waals surface area contributed by atoms with Crippen LogP contribution in [0.2, 0.25) is 0 Å². The van der Waals surface area contributed by atoms with E-state index in [1.165, 1.54) is 13.8 Å². The standard InChI is InChI=1S/C11H10F4O/c1-6(2)10(16)9-7(11(13,14)15)4-3-5-8(9)12/h3-6H,1-2H3. The average Bonchev–Trinajstić information content (AvgIpc) is 2.14. The summed E-state index contributed by atoms with van der Waals surface area (Å²) in [6.07, 6.45) is -4.72. The minimum absolute atomic E-state index is 0.682. The monoisotopic (exact) mass is 234 g/mol. The van der Waals surface area contributed by atoms with E-state index in [0.717, 1.165) is 12.1 Å². The number of hydrogen-bond donors (Lipinski definition) is 0. The van der Waals surface area contributed by atoms with Crippen LogP contribution in [0, 0.1) is 11.7 Å². The molecule has 0 aliphatic carbocycles. The highest BCUT2D eigenvalue weighted by Gasteiger charge is 2.36. The van der Waals surface area contributed by atoms with E-state index in [2.05, 4.69) is 0 Å². The van der Waals surface area contributed by atoms with Gasteiger partial charge in [0.25, 0.3) is 0 Å². The van der Waals surface area contributed by atoms with Crippen LogP contribution in [0.3, 0.4) is 0 Å². The molecule has 16 heavy (non-hydrogen) atoms. The summed E-state index contributed by atoms with van der Waals surface area (Å²) < 4.78 is 50.9. The zero-order valence-electron chi connectivity index (χ0n) is 8.73. The molecule has 0 unspecified atom stereocenters. The van der Waals surface area contributed by atoms with Crippen molar-refractivity contribution < 1.29 is 22.4 Å². The van der Waals surface area contributed by atoms with Crippen LogP contribution in [0.4, 0.5) is 17.6 Å². The molecule has 0 spiro atoms. The van der Waals surface area contributed by atoms with Gasteiger partial charge in [-0.3, -0.25) is 4.79 Å². The van der Waals surface area contributed by atoms with Gasteiger partial charge in [-0.25, -0.2) is 4.39 Å². The molecular weight excluding hydrogens is 224 g/mol. The molecule has 0 radical (unpaired) electrons. The Balaban J connectivity index is 3.41. The maximum atomic E-state index is 13.3. The predicted molar refractivity (Wildman–Crippen MR) is 50.6 cm³/mol. The first-order valence-corrected chi connectivity index (χ1v) is 4.65. The molecule has 1 aromatic carbocycles. The van der Waals surface area contributed by atoms with E-state index in [1.807, 2.05) is 0 Å². The molecule has 1 aromatic rings. The second-order valence-electron chi connectivity index (χ2n) is 3.68. The molecule has 88 valence electrons. The molecule has 0 aliphatic heterocycles. The van der Waals surface area contributed by atoms with Gasteiger partial charge >= 0.3 is 6.18 Å². The Morgan fingerprint density at radius 1 is 1.25 bits per heavy atom. The minimum atomic E-state index is -4.72. The molecule has 0 heterocycles. The summed E-state index contributed by atoms with van der Waals surface area (Å²) in [5, 5.41) is 0. The number of Topliss-reactive ketones (excluding diaryl/α,β-unsaturated/α-hetero) is 1. The molecule has 0 bridgehead atoms. The van der Waals surface area contributed by atoms with Gasteiger partial charge in [0.15, 0.2) is 5.78 Å². The molecule has 0 fully saturated rings. The van der Waals surface area contributed by atoms with Crippen molar-refractivity contribution in [1.29, 1.82) is 0 Å². The van der Waals surface area contributed by atoms with E-state index >= 15 is 0 Å². The van der Waals surface area contributed by atoms with E-state index in [-0.39, 0.29) is 0 Å².